The van der Waals surface area contributed by atoms with Crippen molar-refractivity contribution < 1.29 is 9.59 Å². The summed E-state index contributed by atoms with van der Waals surface area (Å²) in [6.45, 7) is 6.83. The van der Waals surface area contributed by atoms with Gasteiger partial charge in [0.1, 0.15) is 6.04 Å². The van der Waals surface area contributed by atoms with Crippen LogP contribution in [0.15, 0.2) is 0 Å². The van der Waals surface area contributed by atoms with Crippen LogP contribution >= 0.6 is 0 Å². The summed E-state index contributed by atoms with van der Waals surface area (Å²) < 4.78 is 0. The normalized spacial score (nSPS) is 21.2. The molecule has 116 valence electrons. The van der Waals surface area contributed by atoms with E-state index in [9.17, 15) is 9.59 Å². The van der Waals surface area contributed by atoms with Crippen LogP contribution in [0.3, 0.4) is 0 Å². The van der Waals surface area contributed by atoms with E-state index >= 15 is 0 Å². The topological polar surface area (TPSA) is 73.5 Å². The van der Waals surface area contributed by atoms with Crippen molar-refractivity contribution in [3.05, 3.63) is 0 Å². The van der Waals surface area contributed by atoms with Crippen LogP contribution in [0.4, 0.5) is 0 Å². The van der Waals surface area contributed by atoms with E-state index in [1.54, 1.807) is 7.05 Å². The molecule has 0 aliphatic carbocycles. The molecule has 3 N–H and O–H groups in total. The number of carbonyl (C=O) groups is 2. The molecule has 1 fully saturated rings. The number of likely N-dealkylation sites (N-methyl/N-ethyl adjacent to an activating group) is 1. The van der Waals surface area contributed by atoms with Gasteiger partial charge in [-0.15, -0.1) is 0 Å². The lowest BCUT2D eigenvalue weighted by Crippen LogP contribution is -2.62. The first-order chi connectivity index (χ1) is 9.61. The molecule has 0 aromatic rings. The predicted molar refractivity (Wildman–Crippen MR) is 79.4 cm³/mol. The fraction of sp³-hybridized carbons (Fsp3) is 0.857. The summed E-state index contributed by atoms with van der Waals surface area (Å²) >= 11 is 0. The molecule has 0 aromatic heterocycles. The molecule has 1 saturated heterocycles. The van der Waals surface area contributed by atoms with Crippen LogP contribution in [0.2, 0.25) is 0 Å². The first kappa shape index (κ1) is 16.9. The van der Waals surface area contributed by atoms with Gasteiger partial charge in [-0.1, -0.05) is 19.8 Å². The van der Waals surface area contributed by atoms with Crippen LogP contribution in [0.5, 0.6) is 0 Å². The molecule has 1 heterocycles. The Morgan fingerprint density at radius 2 is 2.15 bits per heavy atom. The van der Waals surface area contributed by atoms with Crippen LogP contribution in [-0.4, -0.2) is 62.0 Å². The minimum Gasteiger partial charge on any atom is -0.358 e. The number of carbonyl (C=O) groups excluding carboxylic acids is 2. The first-order valence-corrected chi connectivity index (χ1v) is 7.57. The Labute approximate surface area is 121 Å². The third-order valence-electron chi connectivity index (χ3n) is 3.79. The van der Waals surface area contributed by atoms with E-state index in [-0.39, 0.29) is 23.9 Å². The van der Waals surface area contributed by atoms with Crippen molar-refractivity contribution in [2.75, 3.05) is 33.2 Å². The third-order valence-corrected chi connectivity index (χ3v) is 3.79. The molecule has 2 amide bonds. The van der Waals surface area contributed by atoms with E-state index in [0.717, 1.165) is 25.8 Å². The van der Waals surface area contributed by atoms with Crippen LogP contribution in [0, 0.1) is 0 Å². The van der Waals surface area contributed by atoms with Gasteiger partial charge in [-0.2, -0.15) is 0 Å². The lowest BCUT2D eigenvalue weighted by molar-refractivity contribution is -0.132. The molecule has 2 atom stereocenters. The highest BCUT2D eigenvalue weighted by Crippen LogP contribution is 2.09. The highest BCUT2D eigenvalue weighted by Gasteiger charge is 2.33. The molecule has 0 saturated carbocycles. The lowest BCUT2D eigenvalue weighted by Gasteiger charge is -2.38. The van der Waals surface area contributed by atoms with Crippen molar-refractivity contribution in [3.63, 3.8) is 0 Å². The zero-order chi connectivity index (χ0) is 15.0. The largest absolute Gasteiger partial charge is 0.358 e. The molecular formula is C14H28N4O2. The van der Waals surface area contributed by atoms with E-state index < -0.39 is 0 Å². The number of rotatable bonds is 7. The number of hydrogen-bond acceptors (Lipinski definition) is 4. The van der Waals surface area contributed by atoms with Crippen LogP contribution in [0.1, 0.15) is 33.1 Å². The fourth-order valence-corrected chi connectivity index (χ4v) is 2.48. The van der Waals surface area contributed by atoms with E-state index in [1.807, 2.05) is 11.8 Å². The van der Waals surface area contributed by atoms with Crippen molar-refractivity contribution in [2.45, 2.75) is 45.2 Å². The number of amides is 2. The van der Waals surface area contributed by atoms with E-state index in [1.165, 1.54) is 0 Å². The summed E-state index contributed by atoms with van der Waals surface area (Å²) in [5.41, 5.74) is 0. The summed E-state index contributed by atoms with van der Waals surface area (Å²) in [7, 11) is 1.63. The molecule has 1 aliphatic heterocycles. The molecule has 1 rings (SSSR count). The average Bonchev–Trinajstić information content (AvgIpc) is 2.49. The number of nitrogens with zero attached hydrogens (tertiary/aromatic N) is 1. The second-order valence-corrected chi connectivity index (χ2v) is 5.25. The zero-order valence-corrected chi connectivity index (χ0v) is 12.9. The molecule has 6 nitrogen and oxygen atoms in total. The maximum atomic E-state index is 12.2. The quantitative estimate of drug-likeness (QED) is 0.561. The summed E-state index contributed by atoms with van der Waals surface area (Å²) in [4.78, 5) is 26.0. The van der Waals surface area contributed by atoms with Gasteiger partial charge >= 0.3 is 0 Å². The molecule has 2 unspecified atom stereocenters. The summed E-state index contributed by atoms with van der Waals surface area (Å²) in [5.74, 6) is -0.0280. The first-order valence-electron chi connectivity index (χ1n) is 7.57. The number of hydrogen-bond donors (Lipinski definition) is 3. The Hall–Kier alpha value is -1.14. The maximum absolute atomic E-state index is 12.2. The van der Waals surface area contributed by atoms with Crippen molar-refractivity contribution in [3.8, 4) is 0 Å². The van der Waals surface area contributed by atoms with E-state index in [0.29, 0.717) is 19.6 Å². The van der Waals surface area contributed by atoms with Crippen molar-refractivity contribution in [2.24, 2.45) is 0 Å². The highest BCUT2D eigenvalue weighted by atomic mass is 16.2. The highest BCUT2D eigenvalue weighted by molar-refractivity contribution is 5.85. The maximum Gasteiger partial charge on any atom is 0.238 e. The minimum absolute atomic E-state index is 0.0110. The van der Waals surface area contributed by atoms with Gasteiger partial charge in [-0.05, 0) is 13.3 Å². The average molecular weight is 284 g/mol. The molecule has 0 aromatic carbocycles. The Bertz CT molecular complexity index is 322. The van der Waals surface area contributed by atoms with Crippen LogP contribution in [-0.2, 0) is 9.59 Å². The Balaban J connectivity index is 2.51. The number of unbranched alkanes of at least 4 members (excludes halogenated alkanes) is 2. The Morgan fingerprint density at radius 1 is 1.40 bits per heavy atom. The van der Waals surface area contributed by atoms with Crippen molar-refractivity contribution in [1.29, 1.82) is 0 Å². The van der Waals surface area contributed by atoms with Gasteiger partial charge < -0.3 is 16.0 Å². The summed E-state index contributed by atoms with van der Waals surface area (Å²) in [5, 5.41) is 8.82. The predicted octanol–water partition coefficient (Wildman–Crippen LogP) is -0.299. The third kappa shape index (κ3) is 4.76. The van der Waals surface area contributed by atoms with E-state index in [2.05, 4.69) is 22.9 Å². The monoisotopic (exact) mass is 284 g/mol. The smallest absolute Gasteiger partial charge is 0.238 e. The molecule has 0 radical (unpaired) electrons. The Morgan fingerprint density at radius 3 is 2.80 bits per heavy atom. The molecule has 0 bridgehead atoms. The van der Waals surface area contributed by atoms with E-state index in [4.69, 9.17) is 0 Å². The van der Waals surface area contributed by atoms with Gasteiger partial charge in [0.05, 0.1) is 6.04 Å². The molecule has 1 aliphatic rings. The molecule has 0 spiro atoms. The summed E-state index contributed by atoms with van der Waals surface area (Å²) in [6, 6.07) is -0.550. The fourth-order valence-electron chi connectivity index (χ4n) is 2.48. The summed E-state index contributed by atoms with van der Waals surface area (Å²) in [6.07, 6.45) is 3.28. The van der Waals surface area contributed by atoms with Gasteiger partial charge in [-0.25, -0.2) is 0 Å². The number of nitrogens with one attached hydrogen (secondary N) is 3. The van der Waals surface area contributed by atoms with Gasteiger partial charge in [0, 0.05) is 33.2 Å². The Kier molecular flexibility index (Phi) is 7.54. The van der Waals surface area contributed by atoms with Gasteiger partial charge in [0.2, 0.25) is 11.8 Å². The molecule has 6 heteroatoms. The SMILES string of the molecule is CCCCCNC(=O)C(C)N1CCNCC1C(=O)NC. The molecular weight excluding hydrogens is 256 g/mol. The zero-order valence-electron chi connectivity index (χ0n) is 12.9. The molecule has 20 heavy (non-hydrogen) atoms. The van der Waals surface area contributed by atoms with Crippen molar-refractivity contribution >= 4 is 11.8 Å². The van der Waals surface area contributed by atoms with Gasteiger partial charge in [0.15, 0.2) is 0 Å². The van der Waals surface area contributed by atoms with Crippen molar-refractivity contribution in [1.82, 2.24) is 20.9 Å². The second-order valence-electron chi connectivity index (χ2n) is 5.25. The van der Waals surface area contributed by atoms with Crippen LogP contribution in [0.25, 0.3) is 0 Å². The second kappa shape index (κ2) is 8.92. The van der Waals surface area contributed by atoms with Crippen LogP contribution < -0.4 is 16.0 Å². The lowest BCUT2D eigenvalue weighted by atomic mass is 10.1. The number of piperazine rings is 1. The van der Waals surface area contributed by atoms with Gasteiger partial charge in [0.25, 0.3) is 0 Å². The van der Waals surface area contributed by atoms with Gasteiger partial charge in [-0.3, -0.25) is 14.5 Å². The standard InChI is InChI=1S/C14H28N4O2/c1-4-5-6-7-17-13(19)11(2)18-9-8-16-10-12(18)14(20)15-3/h11-12,16H,4-10H2,1-3H3,(H,15,20)(H,17,19). The minimum atomic E-state index is -0.277.